The van der Waals surface area contributed by atoms with Gasteiger partial charge < -0.3 is 4.74 Å². The van der Waals surface area contributed by atoms with Crippen LogP contribution in [0.25, 0.3) is 10.9 Å². The van der Waals surface area contributed by atoms with Gasteiger partial charge in [-0.3, -0.25) is 9.10 Å². The molecule has 0 saturated carbocycles. The van der Waals surface area contributed by atoms with E-state index >= 15 is 0 Å². The van der Waals surface area contributed by atoms with Gasteiger partial charge in [0, 0.05) is 7.05 Å². The molecule has 0 amide bonds. The molecule has 33 heavy (non-hydrogen) atoms. The third-order valence-corrected chi connectivity index (χ3v) is 6.89. The van der Waals surface area contributed by atoms with Crippen molar-refractivity contribution in [3.8, 4) is 0 Å². The number of anilines is 1. The molecular formula is C23H20N4O5S. The second kappa shape index (κ2) is 8.83. The molecule has 0 spiro atoms. The molecule has 1 aromatic heterocycles. The summed E-state index contributed by atoms with van der Waals surface area (Å²) in [7, 11) is -2.31. The molecule has 0 atom stereocenters. The van der Waals surface area contributed by atoms with E-state index < -0.39 is 28.3 Å². The number of ether oxygens (including phenoxy) is 1. The Morgan fingerprint density at radius 1 is 1.00 bits per heavy atom. The SMILES string of the molecule is Cc1ccc(S(=O)(=O)N(C)c2ccc(C(=O)OCn3nnc4ccccc4c3=O)cc2)cc1. The van der Waals surface area contributed by atoms with Gasteiger partial charge in [-0.05, 0) is 55.5 Å². The first-order valence-electron chi connectivity index (χ1n) is 9.93. The largest absolute Gasteiger partial charge is 0.439 e. The molecule has 0 bridgehead atoms. The van der Waals surface area contributed by atoms with Crippen molar-refractivity contribution >= 4 is 32.6 Å². The molecule has 0 aliphatic rings. The van der Waals surface area contributed by atoms with E-state index in [2.05, 4.69) is 10.3 Å². The number of carbonyl (C=O) groups is 1. The smallest absolute Gasteiger partial charge is 0.339 e. The summed E-state index contributed by atoms with van der Waals surface area (Å²) in [6, 6.07) is 19.2. The number of carbonyl (C=O) groups excluding carboxylic acids is 1. The van der Waals surface area contributed by atoms with Crippen LogP contribution in [0.15, 0.2) is 82.5 Å². The first-order valence-corrected chi connectivity index (χ1v) is 11.4. The van der Waals surface area contributed by atoms with Crippen molar-refractivity contribution in [1.82, 2.24) is 15.0 Å². The van der Waals surface area contributed by atoms with Crippen LogP contribution in [0.2, 0.25) is 0 Å². The maximum absolute atomic E-state index is 12.8. The number of rotatable bonds is 6. The summed E-state index contributed by atoms with van der Waals surface area (Å²) >= 11 is 0. The second-order valence-corrected chi connectivity index (χ2v) is 9.27. The third-order valence-electron chi connectivity index (χ3n) is 5.09. The number of fused-ring (bicyclic) bond motifs is 1. The Labute approximate surface area is 189 Å². The normalized spacial score (nSPS) is 11.3. The molecule has 4 aromatic rings. The summed E-state index contributed by atoms with van der Waals surface area (Å²) in [6.45, 7) is 1.47. The van der Waals surface area contributed by atoms with Crippen molar-refractivity contribution < 1.29 is 17.9 Å². The van der Waals surface area contributed by atoms with Gasteiger partial charge in [0.1, 0.15) is 5.52 Å². The van der Waals surface area contributed by atoms with Crippen LogP contribution < -0.4 is 9.86 Å². The molecule has 1 heterocycles. The zero-order chi connectivity index (χ0) is 23.6. The maximum atomic E-state index is 12.8. The van der Waals surface area contributed by atoms with Gasteiger partial charge in [0.15, 0.2) is 6.73 Å². The van der Waals surface area contributed by atoms with E-state index in [0.29, 0.717) is 16.6 Å². The Morgan fingerprint density at radius 2 is 1.67 bits per heavy atom. The minimum atomic E-state index is -3.75. The fourth-order valence-electron chi connectivity index (χ4n) is 3.13. The number of aryl methyl sites for hydroxylation is 1. The molecule has 10 heteroatoms. The Kier molecular flexibility index (Phi) is 5.93. The Balaban J connectivity index is 1.47. The minimum Gasteiger partial charge on any atom is -0.439 e. The zero-order valence-corrected chi connectivity index (χ0v) is 18.7. The number of benzene rings is 3. The molecule has 9 nitrogen and oxygen atoms in total. The summed E-state index contributed by atoms with van der Waals surface area (Å²) in [5, 5.41) is 8.08. The van der Waals surface area contributed by atoms with Crippen molar-refractivity contribution in [2.45, 2.75) is 18.6 Å². The Bertz CT molecular complexity index is 1480. The number of hydrogen-bond acceptors (Lipinski definition) is 7. The first kappa shape index (κ1) is 22.2. The topological polar surface area (TPSA) is 111 Å². The molecular weight excluding hydrogens is 444 g/mol. The minimum absolute atomic E-state index is 0.168. The van der Waals surface area contributed by atoms with E-state index in [1.54, 1.807) is 48.5 Å². The van der Waals surface area contributed by atoms with E-state index in [1.807, 2.05) is 6.92 Å². The highest BCUT2D eigenvalue weighted by atomic mass is 32.2. The fourth-order valence-corrected chi connectivity index (χ4v) is 4.32. The molecule has 0 unspecified atom stereocenters. The summed E-state index contributed by atoms with van der Waals surface area (Å²) in [6.07, 6.45) is 0. The van der Waals surface area contributed by atoms with Gasteiger partial charge in [-0.15, -0.1) is 5.10 Å². The average molecular weight is 465 g/mol. The van der Waals surface area contributed by atoms with E-state index in [1.165, 1.54) is 31.3 Å². The third kappa shape index (κ3) is 4.46. The summed E-state index contributed by atoms with van der Waals surface area (Å²) in [4.78, 5) is 25.0. The van der Waals surface area contributed by atoms with Crippen LogP contribution >= 0.6 is 0 Å². The molecule has 0 N–H and O–H groups in total. The fraction of sp³-hybridized carbons (Fsp3) is 0.130. The van der Waals surface area contributed by atoms with Crippen molar-refractivity contribution in [2.24, 2.45) is 0 Å². The van der Waals surface area contributed by atoms with Crippen molar-refractivity contribution in [1.29, 1.82) is 0 Å². The predicted molar refractivity (Wildman–Crippen MR) is 122 cm³/mol. The number of hydrogen-bond donors (Lipinski definition) is 0. The molecule has 0 radical (unpaired) electrons. The molecule has 0 aliphatic heterocycles. The van der Waals surface area contributed by atoms with Crippen LogP contribution in [0.3, 0.4) is 0 Å². The van der Waals surface area contributed by atoms with Gasteiger partial charge in [0.05, 0.1) is 21.5 Å². The van der Waals surface area contributed by atoms with Gasteiger partial charge in [-0.25, -0.2) is 13.2 Å². The Morgan fingerprint density at radius 3 is 2.36 bits per heavy atom. The van der Waals surface area contributed by atoms with E-state index in [4.69, 9.17) is 4.74 Å². The standard InChI is InChI=1S/C23H20N4O5S/c1-16-7-13-19(14-8-16)33(30,31)26(2)18-11-9-17(10-12-18)23(29)32-15-27-22(28)20-5-3-4-6-21(20)24-25-27/h3-14H,15H2,1-2H3. The van der Waals surface area contributed by atoms with Crippen LogP contribution in [0.4, 0.5) is 5.69 Å². The molecule has 168 valence electrons. The summed E-state index contributed by atoms with van der Waals surface area (Å²) < 4.78 is 32.9. The van der Waals surface area contributed by atoms with Gasteiger partial charge >= 0.3 is 5.97 Å². The molecule has 4 rings (SSSR count). The zero-order valence-electron chi connectivity index (χ0n) is 17.9. The van der Waals surface area contributed by atoms with Crippen LogP contribution in [-0.2, 0) is 21.5 Å². The lowest BCUT2D eigenvalue weighted by atomic mass is 10.2. The highest BCUT2D eigenvalue weighted by molar-refractivity contribution is 7.92. The molecule has 0 fully saturated rings. The number of esters is 1. The van der Waals surface area contributed by atoms with Gasteiger partial charge in [0.2, 0.25) is 0 Å². The lowest BCUT2D eigenvalue weighted by Crippen LogP contribution is -2.27. The van der Waals surface area contributed by atoms with Gasteiger partial charge in [-0.1, -0.05) is 35.0 Å². The van der Waals surface area contributed by atoms with E-state index in [9.17, 15) is 18.0 Å². The number of aromatic nitrogens is 3. The highest BCUT2D eigenvalue weighted by Gasteiger charge is 2.21. The van der Waals surface area contributed by atoms with Crippen LogP contribution in [-0.4, -0.2) is 36.4 Å². The first-order chi connectivity index (χ1) is 15.8. The summed E-state index contributed by atoms with van der Waals surface area (Å²) in [5.74, 6) is -0.688. The van der Waals surface area contributed by atoms with Crippen molar-refractivity contribution in [3.05, 3.63) is 94.3 Å². The maximum Gasteiger partial charge on any atom is 0.339 e. The van der Waals surface area contributed by atoms with Gasteiger partial charge in [0.25, 0.3) is 15.6 Å². The predicted octanol–water partition coefficient (Wildman–Crippen LogP) is 2.74. The highest BCUT2D eigenvalue weighted by Crippen LogP contribution is 2.23. The summed E-state index contributed by atoms with van der Waals surface area (Å²) in [5.41, 5.74) is 1.55. The number of sulfonamides is 1. The average Bonchev–Trinajstić information content (AvgIpc) is 2.83. The number of nitrogens with zero attached hydrogens (tertiary/aromatic N) is 4. The van der Waals surface area contributed by atoms with Crippen molar-refractivity contribution in [3.63, 3.8) is 0 Å². The van der Waals surface area contributed by atoms with Crippen LogP contribution in [0, 0.1) is 6.92 Å². The van der Waals surface area contributed by atoms with Crippen LogP contribution in [0.1, 0.15) is 15.9 Å². The van der Waals surface area contributed by atoms with Gasteiger partial charge in [-0.2, -0.15) is 4.68 Å². The second-order valence-electron chi connectivity index (χ2n) is 7.30. The van der Waals surface area contributed by atoms with Crippen molar-refractivity contribution in [2.75, 3.05) is 11.4 Å². The molecule has 0 aliphatic carbocycles. The quantitative estimate of drug-likeness (QED) is 0.403. The van der Waals surface area contributed by atoms with E-state index in [-0.39, 0.29) is 10.5 Å². The lowest BCUT2D eigenvalue weighted by molar-refractivity contribution is 0.0336. The molecule has 0 saturated heterocycles. The Hall–Kier alpha value is -4.05. The monoisotopic (exact) mass is 464 g/mol. The molecule has 3 aromatic carbocycles. The van der Waals surface area contributed by atoms with E-state index in [0.717, 1.165) is 14.6 Å². The van der Waals surface area contributed by atoms with Crippen LogP contribution in [0.5, 0.6) is 0 Å². The lowest BCUT2D eigenvalue weighted by Gasteiger charge is -2.19.